The van der Waals surface area contributed by atoms with Crippen molar-refractivity contribution in [2.24, 2.45) is 0 Å². The SMILES string of the molecule is COc1cc2nccc(NCC3CCCc4nccn43)c2cc1OC. The summed E-state index contributed by atoms with van der Waals surface area (Å²) in [6, 6.07) is 6.32. The van der Waals surface area contributed by atoms with Gasteiger partial charge in [0.1, 0.15) is 5.82 Å². The topological polar surface area (TPSA) is 61.2 Å². The van der Waals surface area contributed by atoms with Gasteiger partial charge in [0, 0.05) is 48.7 Å². The Morgan fingerprint density at radius 3 is 2.84 bits per heavy atom. The largest absolute Gasteiger partial charge is 0.493 e. The summed E-state index contributed by atoms with van der Waals surface area (Å²) in [5, 5.41) is 4.62. The zero-order valence-electron chi connectivity index (χ0n) is 14.5. The number of aryl methyl sites for hydroxylation is 1. The summed E-state index contributed by atoms with van der Waals surface area (Å²) in [6.45, 7) is 0.858. The maximum Gasteiger partial charge on any atom is 0.162 e. The van der Waals surface area contributed by atoms with Crippen LogP contribution in [0.5, 0.6) is 11.5 Å². The van der Waals surface area contributed by atoms with Crippen LogP contribution >= 0.6 is 0 Å². The molecule has 25 heavy (non-hydrogen) atoms. The van der Waals surface area contributed by atoms with Crippen LogP contribution in [0.15, 0.2) is 36.8 Å². The summed E-state index contributed by atoms with van der Waals surface area (Å²) >= 11 is 0. The Bertz CT molecular complexity index is 890. The highest BCUT2D eigenvalue weighted by atomic mass is 16.5. The van der Waals surface area contributed by atoms with Crippen molar-refractivity contribution in [3.63, 3.8) is 0 Å². The Balaban J connectivity index is 1.62. The molecule has 2 aromatic heterocycles. The number of imidazole rings is 1. The van der Waals surface area contributed by atoms with Crippen molar-refractivity contribution in [1.29, 1.82) is 0 Å². The second-order valence-corrected chi connectivity index (χ2v) is 6.26. The standard InChI is InChI=1S/C19H22N4O2/c1-24-17-10-14-15(6-7-20-16(14)11-18(17)25-2)22-12-13-4-3-5-19-21-8-9-23(13)19/h6-11,13H,3-5,12H2,1-2H3,(H,20,22). The molecule has 1 aliphatic heterocycles. The van der Waals surface area contributed by atoms with Crippen LogP contribution in [0.25, 0.3) is 10.9 Å². The second kappa shape index (κ2) is 6.63. The molecule has 1 aliphatic rings. The number of ether oxygens (including phenoxy) is 2. The third-order valence-corrected chi connectivity index (χ3v) is 4.86. The number of nitrogens with zero attached hydrogens (tertiary/aromatic N) is 3. The van der Waals surface area contributed by atoms with Gasteiger partial charge < -0.3 is 19.4 Å². The van der Waals surface area contributed by atoms with E-state index in [1.54, 1.807) is 14.2 Å². The third-order valence-electron chi connectivity index (χ3n) is 4.86. The highest BCUT2D eigenvalue weighted by Crippen LogP contribution is 2.34. The predicted octanol–water partition coefficient (Wildman–Crippen LogP) is 3.44. The smallest absolute Gasteiger partial charge is 0.162 e. The van der Waals surface area contributed by atoms with Crippen LogP contribution in [-0.2, 0) is 6.42 Å². The fourth-order valence-electron chi connectivity index (χ4n) is 3.56. The van der Waals surface area contributed by atoms with Crippen LogP contribution in [-0.4, -0.2) is 35.3 Å². The zero-order valence-corrected chi connectivity index (χ0v) is 14.5. The van der Waals surface area contributed by atoms with Crippen molar-refractivity contribution in [3.05, 3.63) is 42.6 Å². The van der Waals surface area contributed by atoms with E-state index >= 15 is 0 Å². The van der Waals surface area contributed by atoms with Gasteiger partial charge in [-0.1, -0.05) is 0 Å². The van der Waals surface area contributed by atoms with Gasteiger partial charge in [0.25, 0.3) is 0 Å². The van der Waals surface area contributed by atoms with Crippen LogP contribution < -0.4 is 14.8 Å². The van der Waals surface area contributed by atoms with Gasteiger partial charge in [0.2, 0.25) is 0 Å². The summed E-state index contributed by atoms with van der Waals surface area (Å²) in [5.41, 5.74) is 1.94. The van der Waals surface area contributed by atoms with Gasteiger partial charge in [-0.05, 0) is 25.0 Å². The molecule has 0 spiro atoms. The van der Waals surface area contributed by atoms with Crippen molar-refractivity contribution in [2.75, 3.05) is 26.1 Å². The Hall–Kier alpha value is -2.76. The summed E-state index contributed by atoms with van der Waals surface area (Å²) in [5.74, 6) is 2.58. The Kier molecular flexibility index (Phi) is 4.17. The molecule has 3 aromatic rings. The highest BCUT2D eigenvalue weighted by molar-refractivity contribution is 5.93. The van der Waals surface area contributed by atoms with Gasteiger partial charge in [-0.3, -0.25) is 4.98 Å². The molecular formula is C19H22N4O2. The summed E-state index contributed by atoms with van der Waals surface area (Å²) < 4.78 is 13.1. The zero-order chi connectivity index (χ0) is 17.2. The molecule has 0 bridgehead atoms. The monoisotopic (exact) mass is 338 g/mol. The first-order chi connectivity index (χ1) is 12.3. The minimum Gasteiger partial charge on any atom is -0.493 e. The first-order valence-corrected chi connectivity index (χ1v) is 8.56. The molecule has 130 valence electrons. The molecule has 4 rings (SSSR count). The lowest BCUT2D eigenvalue weighted by Crippen LogP contribution is -2.24. The van der Waals surface area contributed by atoms with E-state index in [0.717, 1.165) is 36.0 Å². The first kappa shape index (κ1) is 15.7. The second-order valence-electron chi connectivity index (χ2n) is 6.26. The van der Waals surface area contributed by atoms with E-state index in [1.165, 1.54) is 12.2 Å². The quantitative estimate of drug-likeness (QED) is 0.772. The number of anilines is 1. The third kappa shape index (κ3) is 2.88. The molecule has 1 unspecified atom stereocenters. The maximum absolute atomic E-state index is 5.44. The molecule has 3 heterocycles. The van der Waals surface area contributed by atoms with Crippen molar-refractivity contribution < 1.29 is 9.47 Å². The summed E-state index contributed by atoms with van der Waals surface area (Å²) in [6.07, 6.45) is 9.22. The number of benzene rings is 1. The van der Waals surface area contributed by atoms with Gasteiger partial charge in [-0.2, -0.15) is 0 Å². The maximum atomic E-state index is 5.44. The number of rotatable bonds is 5. The number of hydrogen-bond donors (Lipinski definition) is 1. The van der Waals surface area contributed by atoms with Crippen molar-refractivity contribution in [3.8, 4) is 11.5 Å². The molecule has 1 N–H and O–H groups in total. The Morgan fingerprint density at radius 1 is 1.16 bits per heavy atom. The summed E-state index contributed by atoms with van der Waals surface area (Å²) in [7, 11) is 3.29. The molecular weight excluding hydrogens is 316 g/mol. The molecule has 0 radical (unpaired) electrons. The summed E-state index contributed by atoms with van der Waals surface area (Å²) in [4.78, 5) is 8.91. The van der Waals surface area contributed by atoms with Crippen molar-refractivity contribution in [2.45, 2.75) is 25.3 Å². The molecule has 0 saturated carbocycles. The Morgan fingerprint density at radius 2 is 2.00 bits per heavy atom. The minimum absolute atomic E-state index is 0.426. The normalized spacial score (nSPS) is 16.5. The van der Waals surface area contributed by atoms with E-state index in [2.05, 4.69) is 26.0 Å². The van der Waals surface area contributed by atoms with E-state index in [9.17, 15) is 0 Å². The fraction of sp³-hybridized carbons (Fsp3) is 0.368. The van der Waals surface area contributed by atoms with E-state index < -0.39 is 0 Å². The number of aromatic nitrogens is 3. The van der Waals surface area contributed by atoms with E-state index in [0.29, 0.717) is 17.5 Å². The van der Waals surface area contributed by atoms with E-state index in [4.69, 9.17) is 9.47 Å². The van der Waals surface area contributed by atoms with Gasteiger partial charge in [-0.25, -0.2) is 4.98 Å². The van der Waals surface area contributed by atoms with Crippen molar-refractivity contribution in [1.82, 2.24) is 14.5 Å². The van der Waals surface area contributed by atoms with Crippen LogP contribution in [0, 0.1) is 0 Å². The van der Waals surface area contributed by atoms with Crippen LogP contribution in [0.1, 0.15) is 24.7 Å². The lowest BCUT2D eigenvalue weighted by molar-refractivity contribution is 0.356. The molecule has 6 nitrogen and oxygen atoms in total. The Labute approximate surface area is 146 Å². The van der Waals surface area contributed by atoms with Crippen LogP contribution in [0.2, 0.25) is 0 Å². The predicted molar refractivity (Wildman–Crippen MR) is 97.5 cm³/mol. The van der Waals surface area contributed by atoms with Crippen LogP contribution in [0.4, 0.5) is 5.69 Å². The number of hydrogen-bond acceptors (Lipinski definition) is 5. The van der Waals surface area contributed by atoms with E-state index in [-0.39, 0.29) is 0 Å². The van der Waals surface area contributed by atoms with Crippen LogP contribution in [0.3, 0.4) is 0 Å². The minimum atomic E-state index is 0.426. The number of fused-ring (bicyclic) bond motifs is 2. The fourth-order valence-corrected chi connectivity index (χ4v) is 3.56. The lowest BCUT2D eigenvalue weighted by atomic mass is 10.0. The van der Waals surface area contributed by atoms with Gasteiger partial charge in [0.05, 0.1) is 25.8 Å². The molecule has 0 aliphatic carbocycles. The average molecular weight is 338 g/mol. The van der Waals surface area contributed by atoms with Crippen molar-refractivity contribution >= 4 is 16.6 Å². The molecule has 0 fully saturated rings. The number of methoxy groups -OCH3 is 2. The average Bonchev–Trinajstić information content (AvgIpc) is 3.14. The highest BCUT2D eigenvalue weighted by Gasteiger charge is 2.19. The van der Waals surface area contributed by atoms with Gasteiger partial charge in [-0.15, -0.1) is 0 Å². The molecule has 1 aromatic carbocycles. The molecule has 6 heteroatoms. The van der Waals surface area contributed by atoms with Gasteiger partial charge in [0.15, 0.2) is 11.5 Å². The van der Waals surface area contributed by atoms with E-state index in [1.807, 2.05) is 30.6 Å². The van der Waals surface area contributed by atoms with Gasteiger partial charge >= 0.3 is 0 Å². The molecule has 0 saturated heterocycles. The molecule has 0 amide bonds. The molecule has 1 atom stereocenters. The first-order valence-electron chi connectivity index (χ1n) is 8.56. The number of nitrogens with one attached hydrogen (secondary N) is 1. The lowest BCUT2D eigenvalue weighted by Gasteiger charge is -2.26. The number of pyridine rings is 1.